The second kappa shape index (κ2) is 6.58. The van der Waals surface area contributed by atoms with E-state index < -0.39 is 0 Å². The number of halogens is 1. The molecule has 0 spiro atoms. The van der Waals surface area contributed by atoms with E-state index in [1.54, 1.807) is 18.3 Å². The van der Waals surface area contributed by atoms with E-state index in [-0.39, 0.29) is 6.10 Å². The number of rotatable bonds is 5. The third-order valence-corrected chi connectivity index (χ3v) is 3.92. The second-order valence-electron chi connectivity index (χ2n) is 2.99. The average Bonchev–Trinajstić information content (AvgIpc) is 2.58. The van der Waals surface area contributed by atoms with Crippen LogP contribution < -0.4 is 0 Å². The molecule has 1 atom stereocenters. The topological polar surface area (TPSA) is 18.5 Å². The van der Waals surface area contributed by atoms with E-state index in [4.69, 9.17) is 21.7 Å². The molecule has 1 heterocycles. The van der Waals surface area contributed by atoms with Crippen molar-refractivity contribution in [3.63, 3.8) is 0 Å². The van der Waals surface area contributed by atoms with Gasteiger partial charge in [-0.25, -0.2) is 0 Å². The molecular formula is C10H13BrO2S2. The summed E-state index contributed by atoms with van der Waals surface area (Å²) in [5.74, 6) is 0. The smallest absolute Gasteiger partial charge is 0.156 e. The van der Waals surface area contributed by atoms with Crippen molar-refractivity contribution >= 4 is 44.5 Å². The Hall–Kier alpha value is 0.0300. The molecule has 0 radical (unpaired) electrons. The maximum absolute atomic E-state index is 5.61. The molecule has 1 rings (SSSR count). The maximum atomic E-state index is 5.61. The Kier molecular flexibility index (Phi) is 5.74. The highest BCUT2D eigenvalue weighted by atomic mass is 79.9. The fraction of sp³-hybridized carbons (Fsp3) is 0.500. The van der Waals surface area contributed by atoms with Crippen LogP contribution in [0.25, 0.3) is 0 Å². The molecule has 0 N–H and O–H groups in total. The molecular weight excluding hydrogens is 296 g/mol. The van der Waals surface area contributed by atoms with Gasteiger partial charge in [-0.15, -0.1) is 11.3 Å². The Labute approximate surface area is 108 Å². The van der Waals surface area contributed by atoms with Crippen molar-refractivity contribution in [1.29, 1.82) is 0 Å². The summed E-state index contributed by atoms with van der Waals surface area (Å²) in [7, 11) is 0. The summed E-state index contributed by atoms with van der Waals surface area (Å²) in [6.07, 6.45) is 0.0911. The van der Waals surface area contributed by atoms with Crippen LogP contribution in [0.2, 0.25) is 0 Å². The van der Waals surface area contributed by atoms with Crippen molar-refractivity contribution in [3.8, 4) is 0 Å². The SMILES string of the molecule is CC(=S)OCCO[C@@H](C)c1sccc1Br. The minimum atomic E-state index is 0.0911. The van der Waals surface area contributed by atoms with Crippen molar-refractivity contribution in [2.24, 2.45) is 0 Å². The zero-order valence-electron chi connectivity index (χ0n) is 8.66. The Morgan fingerprint density at radius 1 is 1.60 bits per heavy atom. The lowest BCUT2D eigenvalue weighted by molar-refractivity contribution is 0.0437. The predicted molar refractivity (Wildman–Crippen MR) is 70.6 cm³/mol. The van der Waals surface area contributed by atoms with Gasteiger partial charge in [0.2, 0.25) is 0 Å². The highest BCUT2D eigenvalue weighted by Gasteiger charge is 2.10. The van der Waals surface area contributed by atoms with Gasteiger partial charge in [0.25, 0.3) is 0 Å². The summed E-state index contributed by atoms with van der Waals surface area (Å²) >= 11 is 9.95. The molecule has 0 unspecified atom stereocenters. The van der Waals surface area contributed by atoms with Crippen LogP contribution in [0, 0.1) is 0 Å². The van der Waals surface area contributed by atoms with Crippen LogP contribution in [0.4, 0.5) is 0 Å². The lowest BCUT2D eigenvalue weighted by Crippen LogP contribution is -2.08. The van der Waals surface area contributed by atoms with E-state index in [1.165, 1.54) is 4.88 Å². The monoisotopic (exact) mass is 308 g/mol. The van der Waals surface area contributed by atoms with Crippen LogP contribution in [0.1, 0.15) is 24.8 Å². The lowest BCUT2D eigenvalue weighted by atomic mass is 10.3. The molecule has 0 aromatic carbocycles. The van der Waals surface area contributed by atoms with Crippen LogP contribution in [-0.4, -0.2) is 18.3 Å². The van der Waals surface area contributed by atoms with Gasteiger partial charge < -0.3 is 9.47 Å². The molecule has 1 aromatic heterocycles. The zero-order valence-corrected chi connectivity index (χ0v) is 11.9. The van der Waals surface area contributed by atoms with Crippen molar-refractivity contribution < 1.29 is 9.47 Å². The second-order valence-corrected chi connectivity index (χ2v) is 5.36. The molecule has 5 heteroatoms. The first kappa shape index (κ1) is 13.1. The summed E-state index contributed by atoms with van der Waals surface area (Å²) in [4.78, 5) is 1.20. The first-order chi connectivity index (χ1) is 7.11. The van der Waals surface area contributed by atoms with E-state index in [0.717, 1.165) is 4.47 Å². The molecule has 0 bridgehead atoms. The van der Waals surface area contributed by atoms with Crippen molar-refractivity contribution in [2.45, 2.75) is 20.0 Å². The van der Waals surface area contributed by atoms with Crippen LogP contribution in [0.3, 0.4) is 0 Å². The van der Waals surface area contributed by atoms with Crippen LogP contribution in [-0.2, 0) is 9.47 Å². The van der Waals surface area contributed by atoms with Gasteiger partial charge in [-0.1, -0.05) is 0 Å². The van der Waals surface area contributed by atoms with Gasteiger partial charge in [-0.2, -0.15) is 0 Å². The summed E-state index contributed by atoms with van der Waals surface area (Å²) in [5.41, 5.74) is 0. The third kappa shape index (κ3) is 4.59. The fourth-order valence-electron chi connectivity index (χ4n) is 1.08. The van der Waals surface area contributed by atoms with Crippen LogP contribution >= 0.6 is 39.5 Å². The fourth-order valence-corrected chi connectivity index (χ4v) is 2.87. The van der Waals surface area contributed by atoms with Gasteiger partial charge >= 0.3 is 0 Å². The quantitative estimate of drug-likeness (QED) is 0.606. The van der Waals surface area contributed by atoms with Gasteiger partial charge in [0.05, 0.1) is 12.7 Å². The molecule has 0 fully saturated rings. The normalized spacial score (nSPS) is 12.5. The highest BCUT2D eigenvalue weighted by Crippen LogP contribution is 2.30. The molecule has 0 amide bonds. The van der Waals surface area contributed by atoms with E-state index >= 15 is 0 Å². The average molecular weight is 309 g/mol. The van der Waals surface area contributed by atoms with Crippen molar-refractivity contribution in [2.75, 3.05) is 13.2 Å². The molecule has 2 nitrogen and oxygen atoms in total. The molecule has 84 valence electrons. The van der Waals surface area contributed by atoms with E-state index in [0.29, 0.717) is 18.3 Å². The molecule has 0 saturated carbocycles. The molecule has 1 aromatic rings. The van der Waals surface area contributed by atoms with E-state index in [2.05, 4.69) is 15.9 Å². The zero-order chi connectivity index (χ0) is 11.3. The first-order valence-corrected chi connectivity index (χ1v) is 6.67. The molecule has 0 saturated heterocycles. The first-order valence-electron chi connectivity index (χ1n) is 4.59. The third-order valence-electron chi connectivity index (χ3n) is 1.77. The number of hydrogen-bond donors (Lipinski definition) is 0. The van der Waals surface area contributed by atoms with Crippen LogP contribution in [0.5, 0.6) is 0 Å². The Bertz CT molecular complexity index is 325. The Balaban J connectivity index is 2.28. The largest absolute Gasteiger partial charge is 0.485 e. The summed E-state index contributed by atoms with van der Waals surface area (Å²) in [6.45, 7) is 4.86. The molecule has 15 heavy (non-hydrogen) atoms. The number of thiophene rings is 1. The van der Waals surface area contributed by atoms with Crippen molar-refractivity contribution in [1.82, 2.24) is 0 Å². The Morgan fingerprint density at radius 3 is 2.87 bits per heavy atom. The summed E-state index contributed by atoms with van der Waals surface area (Å²) < 4.78 is 11.9. The minimum Gasteiger partial charge on any atom is -0.485 e. The minimum absolute atomic E-state index is 0.0911. The molecule has 0 aliphatic rings. The van der Waals surface area contributed by atoms with Gasteiger partial charge in [0.15, 0.2) is 5.05 Å². The van der Waals surface area contributed by atoms with Crippen molar-refractivity contribution in [3.05, 3.63) is 20.8 Å². The molecule has 0 aliphatic heterocycles. The standard InChI is InChI=1S/C10H13BrO2S2/c1-7(10-9(11)3-6-15-10)12-4-5-13-8(2)14/h3,6-7H,4-5H2,1-2H3/t7-/m0/s1. The molecule has 0 aliphatic carbocycles. The predicted octanol–water partition coefficient (Wildman–Crippen LogP) is 3.95. The lowest BCUT2D eigenvalue weighted by Gasteiger charge is -2.12. The number of thiocarbonyl (C=S) groups is 1. The van der Waals surface area contributed by atoms with Gasteiger partial charge in [-0.05, 0) is 46.5 Å². The summed E-state index contributed by atoms with van der Waals surface area (Å²) in [5, 5.41) is 2.60. The van der Waals surface area contributed by atoms with Crippen LogP contribution in [0.15, 0.2) is 15.9 Å². The van der Waals surface area contributed by atoms with E-state index in [1.807, 2.05) is 18.4 Å². The highest BCUT2D eigenvalue weighted by molar-refractivity contribution is 9.10. The summed E-state index contributed by atoms with van der Waals surface area (Å²) in [6, 6.07) is 2.03. The number of hydrogen-bond acceptors (Lipinski definition) is 4. The Morgan fingerprint density at radius 2 is 2.33 bits per heavy atom. The van der Waals surface area contributed by atoms with Gasteiger partial charge in [-0.3, -0.25) is 0 Å². The maximum Gasteiger partial charge on any atom is 0.156 e. The van der Waals surface area contributed by atoms with E-state index in [9.17, 15) is 0 Å². The van der Waals surface area contributed by atoms with Gasteiger partial charge in [0, 0.05) is 16.3 Å². The van der Waals surface area contributed by atoms with Gasteiger partial charge in [0.1, 0.15) is 6.61 Å². The number of ether oxygens (including phenoxy) is 2.